The first-order valence-corrected chi connectivity index (χ1v) is 6.26. The topological polar surface area (TPSA) is 17.1 Å². The summed E-state index contributed by atoms with van der Waals surface area (Å²) < 4.78 is 0. The van der Waals surface area contributed by atoms with E-state index >= 15 is 0 Å². The SMILES string of the molecule is CC=CC=CC#CCC=CCCCCCC=O. The van der Waals surface area contributed by atoms with Crippen LogP contribution in [0, 0.1) is 11.8 Å². The van der Waals surface area contributed by atoms with E-state index < -0.39 is 0 Å². The lowest BCUT2D eigenvalue weighted by molar-refractivity contribution is -0.107. The van der Waals surface area contributed by atoms with Crippen LogP contribution in [0.5, 0.6) is 0 Å². The van der Waals surface area contributed by atoms with Crippen LogP contribution < -0.4 is 0 Å². The average molecular weight is 230 g/mol. The molecule has 0 rings (SSSR count). The zero-order chi connectivity index (χ0) is 12.6. The largest absolute Gasteiger partial charge is 0.303 e. The molecule has 0 aromatic heterocycles. The van der Waals surface area contributed by atoms with Gasteiger partial charge in [0, 0.05) is 12.8 Å². The first-order chi connectivity index (χ1) is 8.41. The molecule has 0 aliphatic rings. The maximum Gasteiger partial charge on any atom is 0.119 e. The van der Waals surface area contributed by atoms with E-state index in [1.54, 1.807) is 0 Å². The Hall–Kier alpha value is -1.55. The third-order valence-electron chi connectivity index (χ3n) is 2.16. The van der Waals surface area contributed by atoms with E-state index in [1.165, 1.54) is 6.42 Å². The monoisotopic (exact) mass is 230 g/mol. The summed E-state index contributed by atoms with van der Waals surface area (Å²) >= 11 is 0. The van der Waals surface area contributed by atoms with Gasteiger partial charge in [0.25, 0.3) is 0 Å². The quantitative estimate of drug-likeness (QED) is 0.201. The standard InChI is InChI=1S/C16H22O/c1-2-3-4-5-6-7-8-9-10-11-12-13-14-15-16-17/h2-5,9-10,16H,8,11-15H2,1H3. The lowest BCUT2D eigenvalue weighted by atomic mass is 10.1. The van der Waals surface area contributed by atoms with Gasteiger partial charge in [-0.05, 0) is 32.3 Å². The van der Waals surface area contributed by atoms with E-state index in [-0.39, 0.29) is 0 Å². The summed E-state index contributed by atoms with van der Waals surface area (Å²) in [7, 11) is 0. The lowest BCUT2D eigenvalue weighted by Gasteiger charge is -1.92. The van der Waals surface area contributed by atoms with Gasteiger partial charge in [-0.1, -0.05) is 48.6 Å². The number of hydrogen-bond acceptors (Lipinski definition) is 1. The van der Waals surface area contributed by atoms with Crippen LogP contribution in [0.25, 0.3) is 0 Å². The van der Waals surface area contributed by atoms with Crippen molar-refractivity contribution < 1.29 is 4.79 Å². The van der Waals surface area contributed by atoms with Crippen molar-refractivity contribution in [2.24, 2.45) is 0 Å². The highest BCUT2D eigenvalue weighted by molar-refractivity contribution is 5.48. The predicted molar refractivity (Wildman–Crippen MR) is 74.6 cm³/mol. The molecule has 0 heterocycles. The van der Waals surface area contributed by atoms with Gasteiger partial charge < -0.3 is 4.79 Å². The second-order valence-corrected chi connectivity index (χ2v) is 3.69. The molecule has 0 N–H and O–H groups in total. The maximum absolute atomic E-state index is 10.1. The molecular formula is C16H22O. The van der Waals surface area contributed by atoms with Gasteiger partial charge in [-0.3, -0.25) is 0 Å². The number of rotatable bonds is 8. The molecule has 0 saturated heterocycles. The van der Waals surface area contributed by atoms with E-state index in [0.29, 0.717) is 6.42 Å². The Balaban J connectivity index is 3.38. The molecule has 0 aromatic rings. The Morgan fingerprint density at radius 1 is 1.00 bits per heavy atom. The number of carbonyl (C=O) groups excluding carboxylic acids is 1. The number of hydrogen-bond donors (Lipinski definition) is 0. The summed E-state index contributed by atoms with van der Waals surface area (Å²) in [5.74, 6) is 6.02. The Morgan fingerprint density at radius 2 is 1.82 bits per heavy atom. The van der Waals surface area contributed by atoms with Crippen molar-refractivity contribution in [2.75, 3.05) is 0 Å². The predicted octanol–water partition coefficient (Wildman–Crippen LogP) is 4.22. The molecule has 0 aromatic carbocycles. The van der Waals surface area contributed by atoms with Crippen LogP contribution in [-0.4, -0.2) is 6.29 Å². The highest BCUT2D eigenvalue weighted by Gasteiger charge is 1.85. The fourth-order valence-electron chi connectivity index (χ4n) is 1.26. The highest BCUT2D eigenvalue weighted by atomic mass is 16.1. The van der Waals surface area contributed by atoms with Gasteiger partial charge in [0.15, 0.2) is 0 Å². The summed E-state index contributed by atoms with van der Waals surface area (Å²) in [5, 5.41) is 0. The fraction of sp³-hybridized carbons (Fsp3) is 0.438. The zero-order valence-corrected chi connectivity index (χ0v) is 10.7. The van der Waals surface area contributed by atoms with Crippen LogP contribution in [0.2, 0.25) is 0 Å². The van der Waals surface area contributed by atoms with Crippen molar-refractivity contribution in [3.05, 3.63) is 36.5 Å². The van der Waals surface area contributed by atoms with Crippen molar-refractivity contribution in [1.82, 2.24) is 0 Å². The minimum Gasteiger partial charge on any atom is -0.303 e. The van der Waals surface area contributed by atoms with Gasteiger partial charge in [0.1, 0.15) is 6.29 Å². The third kappa shape index (κ3) is 14.5. The molecule has 0 radical (unpaired) electrons. The molecule has 0 bridgehead atoms. The van der Waals surface area contributed by atoms with Gasteiger partial charge in [-0.25, -0.2) is 0 Å². The van der Waals surface area contributed by atoms with Crippen molar-refractivity contribution in [2.45, 2.75) is 45.4 Å². The molecule has 0 aliphatic heterocycles. The fourth-order valence-corrected chi connectivity index (χ4v) is 1.26. The molecule has 0 saturated carbocycles. The second-order valence-electron chi connectivity index (χ2n) is 3.69. The summed E-state index contributed by atoms with van der Waals surface area (Å²) in [6.07, 6.45) is 18.9. The van der Waals surface area contributed by atoms with Crippen LogP contribution in [0.1, 0.15) is 45.4 Å². The van der Waals surface area contributed by atoms with Crippen LogP contribution >= 0.6 is 0 Å². The molecule has 0 unspecified atom stereocenters. The number of carbonyl (C=O) groups is 1. The Bertz CT molecular complexity index is 310. The molecular weight excluding hydrogens is 208 g/mol. The highest BCUT2D eigenvalue weighted by Crippen LogP contribution is 2.02. The summed E-state index contributed by atoms with van der Waals surface area (Å²) in [6.45, 7) is 1.98. The Kier molecular flexibility index (Phi) is 13.1. The van der Waals surface area contributed by atoms with E-state index in [9.17, 15) is 4.79 Å². The molecule has 17 heavy (non-hydrogen) atoms. The van der Waals surface area contributed by atoms with Crippen molar-refractivity contribution in [1.29, 1.82) is 0 Å². The van der Waals surface area contributed by atoms with Crippen LogP contribution in [0.15, 0.2) is 36.5 Å². The van der Waals surface area contributed by atoms with Gasteiger partial charge in [0.05, 0.1) is 0 Å². The zero-order valence-electron chi connectivity index (χ0n) is 10.7. The van der Waals surface area contributed by atoms with Crippen molar-refractivity contribution in [3.63, 3.8) is 0 Å². The van der Waals surface area contributed by atoms with E-state index in [1.807, 2.05) is 31.2 Å². The number of aldehydes is 1. The second kappa shape index (κ2) is 14.5. The average Bonchev–Trinajstić information content (AvgIpc) is 2.35. The molecule has 0 atom stereocenters. The van der Waals surface area contributed by atoms with Gasteiger partial charge in [0.2, 0.25) is 0 Å². The normalized spacial score (nSPS) is 11.1. The first kappa shape index (κ1) is 15.5. The molecule has 1 heteroatoms. The van der Waals surface area contributed by atoms with Gasteiger partial charge in [-0.2, -0.15) is 0 Å². The van der Waals surface area contributed by atoms with Crippen LogP contribution in [-0.2, 0) is 4.79 Å². The molecule has 1 nitrogen and oxygen atoms in total. The Labute approximate surface area is 105 Å². The Morgan fingerprint density at radius 3 is 2.59 bits per heavy atom. The van der Waals surface area contributed by atoms with E-state index in [4.69, 9.17) is 0 Å². The smallest absolute Gasteiger partial charge is 0.119 e. The molecule has 0 aliphatic carbocycles. The van der Waals surface area contributed by atoms with E-state index in [2.05, 4.69) is 24.0 Å². The van der Waals surface area contributed by atoms with Gasteiger partial charge in [-0.15, -0.1) is 0 Å². The number of allylic oxidation sites excluding steroid dienone is 6. The minimum atomic E-state index is 0.702. The molecule has 92 valence electrons. The summed E-state index contributed by atoms with van der Waals surface area (Å²) in [5.41, 5.74) is 0. The van der Waals surface area contributed by atoms with Gasteiger partial charge >= 0.3 is 0 Å². The molecule has 0 amide bonds. The first-order valence-electron chi connectivity index (χ1n) is 6.26. The molecule has 0 spiro atoms. The van der Waals surface area contributed by atoms with Crippen molar-refractivity contribution >= 4 is 6.29 Å². The minimum absolute atomic E-state index is 0.702. The maximum atomic E-state index is 10.1. The van der Waals surface area contributed by atoms with Crippen molar-refractivity contribution in [3.8, 4) is 11.8 Å². The summed E-state index contributed by atoms with van der Waals surface area (Å²) in [6, 6.07) is 0. The molecule has 0 fully saturated rings. The number of unbranched alkanes of at least 4 members (excludes halogenated alkanes) is 4. The van der Waals surface area contributed by atoms with E-state index in [0.717, 1.165) is 32.0 Å². The van der Waals surface area contributed by atoms with Crippen LogP contribution in [0.4, 0.5) is 0 Å². The van der Waals surface area contributed by atoms with Crippen LogP contribution in [0.3, 0.4) is 0 Å². The summed E-state index contributed by atoms with van der Waals surface area (Å²) in [4.78, 5) is 10.1. The lowest BCUT2D eigenvalue weighted by Crippen LogP contribution is -1.77. The third-order valence-corrected chi connectivity index (χ3v) is 2.16.